The van der Waals surface area contributed by atoms with Crippen LogP contribution < -0.4 is 4.74 Å². The molecule has 1 unspecified atom stereocenters. The molecule has 1 fully saturated rings. The summed E-state index contributed by atoms with van der Waals surface area (Å²) >= 11 is 1.68. The zero-order valence-corrected chi connectivity index (χ0v) is 14.9. The molecule has 0 bridgehead atoms. The molecule has 0 aliphatic carbocycles. The second kappa shape index (κ2) is 7.33. The van der Waals surface area contributed by atoms with E-state index >= 15 is 0 Å². The Morgan fingerprint density at radius 3 is 2.85 bits per heavy atom. The number of carbonyl (C=O) groups is 1. The fourth-order valence-electron chi connectivity index (χ4n) is 3.18. The molecule has 1 aromatic carbocycles. The number of thiophene rings is 1. The Bertz CT molecular complexity index is 873. The Kier molecular flexibility index (Phi) is 4.75. The predicted molar refractivity (Wildman–Crippen MR) is 96.8 cm³/mol. The van der Waals surface area contributed by atoms with Gasteiger partial charge in [-0.25, -0.2) is 4.39 Å². The summed E-state index contributed by atoms with van der Waals surface area (Å²) in [7, 11) is 0. The standard InChI is InChI=1S/C20H18FNO3S/c21-14-5-7-15(8-6-14)24-13-16-9-10-18(25-16)20(23)22-11-1-3-17(22)19-4-2-12-26-19/h2,4-10,12,17H,1,3,11,13H2. The van der Waals surface area contributed by atoms with Crippen LogP contribution in [0.2, 0.25) is 0 Å². The minimum atomic E-state index is -0.311. The van der Waals surface area contributed by atoms with Crippen molar-refractivity contribution in [1.29, 1.82) is 0 Å². The lowest BCUT2D eigenvalue weighted by molar-refractivity contribution is 0.0701. The highest BCUT2D eigenvalue weighted by atomic mass is 32.1. The quantitative estimate of drug-likeness (QED) is 0.631. The average molecular weight is 371 g/mol. The molecular formula is C20H18FNO3S. The fourth-order valence-corrected chi connectivity index (χ4v) is 4.06. The Labute approximate surface area is 154 Å². The highest BCUT2D eigenvalue weighted by molar-refractivity contribution is 7.10. The number of likely N-dealkylation sites (tertiary alicyclic amines) is 1. The van der Waals surface area contributed by atoms with E-state index in [9.17, 15) is 9.18 Å². The first-order valence-corrected chi connectivity index (χ1v) is 9.40. The molecule has 4 rings (SSSR count). The number of amides is 1. The molecule has 26 heavy (non-hydrogen) atoms. The molecular weight excluding hydrogens is 353 g/mol. The molecule has 0 spiro atoms. The van der Waals surface area contributed by atoms with Gasteiger partial charge in [0.05, 0.1) is 6.04 Å². The number of carbonyl (C=O) groups excluding carboxylic acids is 1. The predicted octanol–water partition coefficient (Wildman–Crippen LogP) is 5.04. The molecule has 1 atom stereocenters. The van der Waals surface area contributed by atoms with Gasteiger partial charge in [0.2, 0.25) is 0 Å². The lowest BCUT2D eigenvalue weighted by atomic mass is 10.2. The second-order valence-electron chi connectivity index (χ2n) is 6.18. The zero-order valence-electron chi connectivity index (χ0n) is 14.1. The summed E-state index contributed by atoms with van der Waals surface area (Å²) in [5.74, 6) is 1.03. The number of furan rings is 1. The molecule has 6 heteroatoms. The molecule has 2 aromatic heterocycles. The summed E-state index contributed by atoms with van der Waals surface area (Å²) in [4.78, 5) is 15.9. The molecule has 1 saturated heterocycles. The molecule has 134 valence electrons. The number of benzene rings is 1. The van der Waals surface area contributed by atoms with E-state index in [-0.39, 0.29) is 24.4 Å². The van der Waals surface area contributed by atoms with Crippen molar-refractivity contribution in [3.63, 3.8) is 0 Å². The van der Waals surface area contributed by atoms with Gasteiger partial charge in [0, 0.05) is 11.4 Å². The Hall–Kier alpha value is -2.60. The lowest BCUT2D eigenvalue weighted by Gasteiger charge is -2.22. The van der Waals surface area contributed by atoms with Crippen LogP contribution in [0.15, 0.2) is 58.3 Å². The van der Waals surface area contributed by atoms with E-state index in [4.69, 9.17) is 9.15 Å². The van der Waals surface area contributed by atoms with Gasteiger partial charge < -0.3 is 14.1 Å². The van der Waals surface area contributed by atoms with Crippen LogP contribution in [0.1, 0.15) is 40.1 Å². The van der Waals surface area contributed by atoms with E-state index in [0.29, 0.717) is 17.3 Å². The van der Waals surface area contributed by atoms with Gasteiger partial charge in [0.25, 0.3) is 5.91 Å². The van der Waals surface area contributed by atoms with Gasteiger partial charge in [-0.05, 0) is 60.7 Å². The maximum atomic E-state index is 12.9. The first-order chi connectivity index (χ1) is 12.7. The van der Waals surface area contributed by atoms with Gasteiger partial charge in [-0.15, -0.1) is 11.3 Å². The zero-order chi connectivity index (χ0) is 17.9. The van der Waals surface area contributed by atoms with Gasteiger partial charge in [0.1, 0.15) is 23.9 Å². The van der Waals surface area contributed by atoms with Crippen molar-refractivity contribution in [1.82, 2.24) is 4.90 Å². The number of halogens is 1. The van der Waals surface area contributed by atoms with Crippen molar-refractivity contribution in [3.05, 3.63) is 76.1 Å². The highest BCUT2D eigenvalue weighted by Gasteiger charge is 2.32. The van der Waals surface area contributed by atoms with Crippen molar-refractivity contribution in [3.8, 4) is 5.75 Å². The van der Waals surface area contributed by atoms with Crippen LogP contribution in [0.5, 0.6) is 5.75 Å². The molecule has 4 nitrogen and oxygen atoms in total. The molecule has 1 amide bonds. The van der Waals surface area contributed by atoms with Crippen LogP contribution in [-0.4, -0.2) is 17.4 Å². The third-order valence-electron chi connectivity index (χ3n) is 4.45. The fraction of sp³-hybridized carbons (Fsp3) is 0.250. The first-order valence-electron chi connectivity index (χ1n) is 8.52. The van der Waals surface area contributed by atoms with Crippen molar-refractivity contribution in [2.24, 2.45) is 0 Å². The van der Waals surface area contributed by atoms with Gasteiger partial charge >= 0.3 is 0 Å². The van der Waals surface area contributed by atoms with Crippen LogP contribution in [0, 0.1) is 5.82 Å². The van der Waals surface area contributed by atoms with Crippen LogP contribution in [0.4, 0.5) is 4.39 Å². The Morgan fingerprint density at radius 2 is 2.08 bits per heavy atom. The SMILES string of the molecule is O=C(c1ccc(COc2ccc(F)cc2)o1)N1CCCC1c1cccs1. The summed E-state index contributed by atoms with van der Waals surface area (Å²) in [6, 6.07) is 13.4. The maximum absolute atomic E-state index is 12.9. The first kappa shape index (κ1) is 16.8. The smallest absolute Gasteiger partial charge is 0.290 e. The van der Waals surface area contributed by atoms with E-state index in [2.05, 4.69) is 6.07 Å². The van der Waals surface area contributed by atoms with Crippen LogP contribution >= 0.6 is 11.3 Å². The van der Waals surface area contributed by atoms with Crippen molar-refractivity contribution in [2.75, 3.05) is 6.54 Å². The summed E-state index contributed by atoms with van der Waals surface area (Å²) in [6.07, 6.45) is 1.98. The van der Waals surface area contributed by atoms with Crippen molar-refractivity contribution < 1.29 is 18.3 Å². The van der Waals surface area contributed by atoms with Gasteiger partial charge in [-0.2, -0.15) is 0 Å². The summed E-state index contributed by atoms with van der Waals surface area (Å²) in [5, 5.41) is 2.04. The second-order valence-corrected chi connectivity index (χ2v) is 7.16. The summed E-state index contributed by atoms with van der Waals surface area (Å²) in [5.41, 5.74) is 0. The van der Waals surface area contributed by atoms with E-state index in [1.165, 1.54) is 17.0 Å². The Balaban J connectivity index is 1.42. The minimum absolute atomic E-state index is 0.0890. The monoisotopic (exact) mass is 371 g/mol. The molecule has 1 aliphatic rings. The molecule has 3 aromatic rings. The van der Waals surface area contributed by atoms with Crippen LogP contribution in [0.25, 0.3) is 0 Å². The van der Waals surface area contributed by atoms with Crippen molar-refractivity contribution >= 4 is 17.2 Å². The maximum Gasteiger partial charge on any atom is 0.290 e. The van der Waals surface area contributed by atoms with E-state index in [1.54, 1.807) is 35.6 Å². The lowest BCUT2D eigenvalue weighted by Crippen LogP contribution is -2.29. The normalized spacial score (nSPS) is 16.8. The van der Waals surface area contributed by atoms with Gasteiger partial charge in [0.15, 0.2) is 5.76 Å². The van der Waals surface area contributed by atoms with Crippen LogP contribution in [-0.2, 0) is 6.61 Å². The average Bonchev–Trinajstić information content (AvgIpc) is 3.41. The molecule has 1 aliphatic heterocycles. The molecule has 0 saturated carbocycles. The number of ether oxygens (including phenoxy) is 1. The largest absolute Gasteiger partial charge is 0.486 e. The molecule has 0 radical (unpaired) electrons. The topological polar surface area (TPSA) is 42.7 Å². The third kappa shape index (κ3) is 3.51. The number of hydrogen-bond acceptors (Lipinski definition) is 4. The number of nitrogens with zero attached hydrogens (tertiary/aromatic N) is 1. The van der Waals surface area contributed by atoms with E-state index in [1.807, 2.05) is 16.3 Å². The minimum Gasteiger partial charge on any atom is -0.486 e. The van der Waals surface area contributed by atoms with Crippen LogP contribution in [0.3, 0.4) is 0 Å². The van der Waals surface area contributed by atoms with Gasteiger partial charge in [-0.3, -0.25) is 4.79 Å². The summed E-state index contributed by atoms with van der Waals surface area (Å²) in [6.45, 7) is 0.927. The summed E-state index contributed by atoms with van der Waals surface area (Å²) < 4.78 is 24.2. The molecule has 0 N–H and O–H groups in total. The third-order valence-corrected chi connectivity index (χ3v) is 5.43. The molecule has 3 heterocycles. The van der Waals surface area contributed by atoms with Gasteiger partial charge in [-0.1, -0.05) is 6.07 Å². The van der Waals surface area contributed by atoms with E-state index in [0.717, 1.165) is 19.4 Å². The number of rotatable bonds is 5. The highest BCUT2D eigenvalue weighted by Crippen LogP contribution is 2.35. The Morgan fingerprint density at radius 1 is 1.23 bits per heavy atom. The van der Waals surface area contributed by atoms with E-state index < -0.39 is 0 Å². The number of hydrogen-bond donors (Lipinski definition) is 0. The van der Waals surface area contributed by atoms with Crippen molar-refractivity contribution in [2.45, 2.75) is 25.5 Å².